The van der Waals surface area contributed by atoms with Crippen LogP contribution >= 0.6 is 0 Å². The molecular weight excluding hydrogens is 306 g/mol. The van der Waals surface area contributed by atoms with Crippen LogP contribution in [0.25, 0.3) is 0 Å². The predicted octanol–water partition coefficient (Wildman–Crippen LogP) is 2.05. The quantitative estimate of drug-likeness (QED) is 0.309. The van der Waals surface area contributed by atoms with Gasteiger partial charge < -0.3 is 24.9 Å². The highest BCUT2D eigenvalue weighted by Crippen LogP contribution is 2.15. The molecule has 3 N–H and O–H groups in total. The fourth-order valence-electron chi connectivity index (χ4n) is 2.56. The van der Waals surface area contributed by atoms with Crippen molar-refractivity contribution >= 4 is 5.96 Å². The highest BCUT2D eigenvalue weighted by atomic mass is 16.5. The normalized spacial score (nSPS) is 13.3. The Morgan fingerprint density at radius 2 is 2.12 bits per heavy atom. The van der Waals surface area contributed by atoms with E-state index in [-0.39, 0.29) is 6.61 Å². The Bertz CT molecular complexity index is 433. The van der Waals surface area contributed by atoms with Gasteiger partial charge in [-0.3, -0.25) is 4.99 Å². The number of aliphatic hydroxyl groups excluding tert-OH is 1. The molecule has 0 saturated carbocycles. The summed E-state index contributed by atoms with van der Waals surface area (Å²) in [4.78, 5) is 4.68. The van der Waals surface area contributed by atoms with Gasteiger partial charge in [-0.15, -0.1) is 0 Å². The van der Waals surface area contributed by atoms with Crippen LogP contribution in [-0.2, 0) is 11.2 Å². The number of nitrogens with one attached hydrogen (secondary N) is 2. The Labute approximate surface area is 145 Å². The van der Waals surface area contributed by atoms with Gasteiger partial charge in [-0.05, 0) is 36.8 Å². The number of nitrogens with zero attached hydrogens (tertiary/aromatic N) is 1. The molecule has 0 saturated heterocycles. The van der Waals surface area contributed by atoms with Crippen LogP contribution in [0.4, 0.5) is 0 Å². The van der Waals surface area contributed by atoms with E-state index in [2.05, 4.69) is 29.5 Å². The molecule has 0 amide bonds. The molecule has 138 valence electrons. The zero-order chi connectivity index (χ0) is 17.6. The highest BCUT2D eigenvalue weighted by Gasteiger charge is 2.10. The summed E-state index contributed by atoms with van der Waals surface area (Å²) in [5, 5.41) is 15.8. The Hall–Kier alpha value is -1.53. The van der Waals surface area contributed by atoms with Gasteiger partial charge in [0.1, 0.15) is 5.76 Å². The van der Waals surface area contributed by atoms with E-state index in [1.807, 2.05) is 12.1 Å². The summed E-state index contributed by atoms with van der Waals surface area (Å²) in [6.07, 6.45) is 4.36. The number of ether oxygens (including phenoxy) is 1. The molecule has 1 unspecified atom stereocenters. The summed E-state index contributed by atoms with van der Waals surface area (Å²) in [5.41, 5.74) is 0. The molecule has 1 aromatic heterocycles. The molecule has 0 aromatic carbocycles. The summed E-state index contributed by atoms with van der Waals surface area (Å²) in [7, 11) is 1.68. The van der Waals surface area contributed by atoms with Gasteiger partial charge in [0.25, 0.3) is 0 Å². The van der Waals surface area contributed by atoms with Gasteiger partial charge in [0, 0.05) is 39.8 Å². The standard InChI is InChI=1S/C18H33N3O3/c1-15(2)13-16(7-10-22)14-21-18(20-9-12-23-3)19-8-6-17-5-4-11-24-17/h4-5,11,15-16,22H,6-10,12-14H2,1-3H3,(H2,19,20,21). The van der Waals surface area contributed by atoms with Crippen LogP contribution in [0.2, 0.25) is 0 Å². The van der Waals surface area contributed by atoms with Crippen molar-refractivity contribution in [2.45, 2.75) is 33.1 Å². The van der Waals surface area contributed by atoms with E-state index < -0.39 is 0 Å². The molecule has 6 nitrogen and oxygen atoms in total. The van der Waals surface area contributed by atoms with Crippen LogP contribution in [0, 0.1) is 11.8 Å². The van der Waals surface area contributed by atoms with Crippen LogP contribution in [-0.4, -0.2) is 51.0 Å². The van der Waals surface area contributed by atoms with Crippen LogP contribution in [0.1, 0.15) is 32.4 Å². The second-order valence-electron chi connectivity index (χ2n) is 6.37. The smallest absolute Gasteiger partial charge is 0.191 e. The van der Waals surface area contributed by atoms with Gasteiger partial charge in [0.15, 0.2) is 5.96 Å². The molecule has 0 spiro atoms. The Morgan fingerprint density at radius 3 is 2.75 bits per heavy atom. The van der Waals surface area contributed by atoms with Crippen LogP contribution in [0.3, 0.4) is 0 Å². The summed E-state index contributed by atoms with van der Waals surface area (Å²) in [6.45, 7) is 7.41. The van der Waals surface area contributed by atoms with E-state index in [0.717, 1.165) is 37.5 Å². The third kappa shape index (κ3) is 9.57. The lowest BCUT2D eigenvalue weighted by atomic mass is 9.94. The average Bonchev–Trinajstić information content (AvgIpc) is 3.05. The van der Waals surface area contributed by atoms with Crippen molar-refractivity contribution in [3.05, 3.63) is 24.2 Å². The minimum absolute atomic E-state index is 0.214. The van der Waals surface area contributed by atoms with Crippen LogP contribution < -0.4 is 10.6 Å². The van der Waals surface area contributed by atoms with E-state index in [1.54, 1.807) is 13.4 Å². The summed E-state index contributed by atoms with van der Waals surface area (Å²) in [5.74, 6) is 2.75. The first-order valence-corrected chi connectivity index (χ1v) is 8.80. The molecule has 0 aliphatic carbocycles. The third-order valence-electron chi connectivity index (χ3n) is 3.69. The minimum Gasteiger partial charge on any atom is -0.469 e. The zero-order valence-electron chi connectivity index (χ0n) is 15.3. The summed E-state index contributed by atoms with van der Waals surface area (Å²) < 4.78 is 10.4. The lowest BCUT2D eigenvalue weighted by Crippen LogP contribution is -2.40. The fourth-order valence-corrected chi connectivity index (χ4v) is 2.56. The SMILES string of the molecule is COCCNC(=NCC(CCO)CC(C)C)NCCc1ccco1. The predicted molar refractivity (Wildman–Crippen MR) is 97.2 cm³/mol. The van der Waals surface area contributed by atoms with Gasteiger partial charge >= 0.3 is 0 Å². The highest BCUT2D eigenvalue weighted by molar-refractivity contribution is 5.79. The van der Waals surface area contributed by atoms with Crippen molar-refractivity contribution < 1.29 is 14.3 Å². The second-order valence-corrected chi connectivity index (χ2v) is 6.37. The monoisotopic (exact) mass is 339 g/mol. The Balaban J connectivity index is 2.50. The molecule has 0 aliphatic heterocycles. The first-order chi connectivity index (χ1) is 11.7. The maximum absolute atomic E-state index is 9.23. The maximum Gasteiger partial charge on any atom is 0.191 e. The second kappa shape index (κ2) is 12.8. The molecule has 0 aliphatic rings. The number of aliphatic imine (C=N–C) groups is 1. The molecular formula is C18H33N3O3. The summed E-state index contributed by atoms with van der Waals surface area (Å²) in [6, 6.07) is 3.86. The lowest BCUT2D eigenvalue weighted by Gasteiger charge is -2.17. The lowest BCUT2D eigenvalue weighted by molar-refractivity contribution is 0.203. The molecule has 1 rings (SSSR count). The van der Waals surface area contributed by atoms with Crippen molar-refractivity contribution in [1.29, 1.82) is 0 Å². The molecule has 0 fully saturated rings. The van der Waals surface area contributed by atoms with E-state index in [9.17, 15) is 5.11 Å². The zero-order valence-corrected chi connectivity index (χ0v) is 15.3. The molecule has 0 radical (unpaired) electrons. The number of hydrogen-bond donors (Lipinski definition) is 3. The summed E-state index contributed by atoms with van der Waals surface area (Å²) >= 11 is 0. The Kier molecular flexibility index (Phi) is 11.0. The molecule has 0 bridgehead atoms. The first kappa shape index (κ1) is 20.5. The molecule has 6 heteroatoms. The van der Waals surface area contributed by atoms with Crippen molar-refractivity contribution in [2.24, 2.45) is 16.8 Å². The molecule has 1 heterocycles. The van der Waals surface area contributed by atoms with Gasteiger partial charge in [0.2, 0.25) is 0 Å². The third-order valence-corrected chi connectivity index (χ3v) is 3.69. The van der Waals surface area contributed by atoms with Crippen LogP contribution in [0.15, 0.2) is 27.8 Å². The van der Waals surface area contributed by atoms with Crippen molar-refractivity contribution in [3.8, 4) is 0 Å². The van der Waals surface area contributed by atoms with Gasteiger partial charge in [0.05, 0.1) is 12.9 Å². The van der Waals surface area contributed by atoms with Gasteiger partial charge in [-0.1, -0.05) is 13.8 Å². The van der Waals surface area contributed by atoms with E-state index in [0.29, 0.717) is 31.5 Å². The van der Waals surface area contributed by atoms with Crippen molar-refractivity contribution in [1.82, 2.24) is 10.6 Å². The average molecular weight is 339 g/mol. The maximum atomic E-state index is 9.23. The van der Waals surface area contributed by atoms with Crippen LogP contribution in [0.5, 0.6) is 0 Å². The number of aliphatic hydroxyl groups is 1. The number of furan rings is 1. The number of methoxy groups -OCH3 is 1. The topological polar surface area (TPSA) is 79.0 Å². The van der Waals surface area contributed by atoms with Crippen molar-refractivity contribution in [3.63, 3.8) is 0 Å². The number of hydrogen-bond acceptors (Lipinski definition) is 4. The number of guanidine groups is 1. The molecule has 1 atom stereocenters. The molecule has 1 aromatic rings. The number of rotatable bonds is 12. The first-order valence-electron chi connectivity index (χ1n) is 8.80. The minimum atomic E-state index is 0.214. The van der Waals surface area contributed by atoms with E-state index >= 15 is 0 Å². The largest absolute Gasteiger partial charge is 0.469 e. The fraction of sp³-hybridized carbons (Fsp3) is 0.722. The van der Waals surface area contributed by atoms with E-state index in [4.69, 9.17) is 9.15 Å². The van der Waals surface area contributed by atoms with Gasteiger partial charge in [-0.2, -0.15) is 0 Å². The van der Waals surface area contributed by atoms with Crippen molar-refractivity contribution in [2.75, 3.05) is 40.0 Å². The van der Waals surface area contributed by atoms with Gasteiger partial charge in [-0.25, -0.2) is 0 Å². The Morgan fingerprint density at radius 1 is 1.33 bits per heavy atom. The molecule has 24 heavy (non-hydrogen) atoms. The van der Waals surface area contributed by atoms with E-state index in [1.165, 1.54) is 0 Å².